The number of benzene rings is 1. The monoisotopic (exact) mass is 352 g/mol. The summed E-state index contributed by atoms with van der Waals surface area (Å²) in [5, 5.41) is 9.04. The zero-order valence-corrected chi connectivity index (χ0v) is 14.1. The largest absolute Gasteiger partial charge is 0.311 e. The van der Waals surface area contributed by atoms with Gasteiger partial charge in [-0.1, -0.05) is 6.07 Å². The Balaban J connectivity index is 1.60. The minimum atomic E-state index is 0.502. The molecule has 0 N–H and O–H groups in total. The summed E-state index contributed by atoms with van der Waals surface area (Å²) in [5.41, 5.74) is 4.65. The number of fused-ring (bicyclic) bond motifs is 2. The van der Waals surface area contributed by atoms with E-state index in [9.17, 15) is 0 Å². The number of nitrogens with zero attached hydrogens (tertiary/aromatic N) is 8. The van der Waals surface area contributed by atoms with E-state index in [4.69, 9.17) is 10.2 Å². The van der Waals surface area contributed by atoms with Crippen molar-refractivity contribution in [3.8, 4) is 12.0 Å². The Kier molecular flexibility index (Phi) is 3.37. The van der Waals surface area contributed by atoms with Crippen LogP contribution in [0.4, 0.5) is 0 Å². The van der Waals surface area contributed by atoms with Crippen LogP contribution in [-0.4, -0.2) is 34.1 Å². The Morgan fingerprint density at radius 1 is 1.00 bits per heavy atom. The van der Waals surface area contributed by atoms with Crippen LogP contribution >= 0.6 is 0 Å². The minimum Gasteiger partial charge on any atom is -0.311 e. The van der Waals surface area contributed by atoms with Crippen LogP contribution in [0.15, 0.2) is 61.6 Å². The molecule has 1 aromatic carbocycles. The van der Waals surface area contributed by atoms with Crippen molar-refractivity contribution in [3.05, 3.63) is 72.7 Å². The number of pyridine rings is 1. The van der Waals surface area contributed by atoms with E-state index >= 15 is 0 Å². The Bertz CT molecular complexity index is 1310. The topological polar surface area (TPSA) is 98.1 Å². The SMILES string of the molecule is N#Cc1ccc2c(c1)ncn2-c1ncc2ncn(Cc3cccnc3)c2n1. The Morgan fingerprint density at radius 3 is 2.78 bits per heavy atom. The second-order valence-corrected chi connectivity index (χ2v) is 6.04. The molecule has 128 valence electrons. The molecule has 8 nitrogen and oxygen atoms in total. The van der Waals surface area contributed by atoms with Gasteiger partial charge in [0.1, 0.15) is 11.8 Å². The molecule has 0 unspecified atom stereocenters. The molecule has 0 radical (unpaired) electrons. The van der Waals surface area contributed by atoms with Gasteiger partial charge in [-0.05, 0) is 29.8 Å². The second kappa shape index (κ2) is 6.00. The number of hydrogen-bond donors (Lipinski definition) is 0. The Hall–Kier alpha value is -4.12. The van der Waals surface area contributed by atoms with Crippen molar-refractivity contribution >= 4 is 22.2 Å². The molecule has 4 heterocycles. The summed E-state index contributed by atoms with van der Waals surface area (Å²) in [6.07, 6.45) is 8.69. The summed E-state index contributed by atoms with van der Waals surface area (Å²) in [6, 6.07) is 11.4. The first-order chi connectivity index (χ1) is 13.3. The van der Waals surface area contributed by atoms with Crippen molar-refractivity contribution in [2.75, 3.05) is 0 Å². The number of rotatable bonds is 3. The van der Waals surface area contributed by atoms with Crippen LogP contribution in [0.25, 0.3) is 28.1 Å². The van der Waals surface area contributed by atoms with Crippen molar-refractivity contribution in [2.24, 2.45) is 0 Å². The van der Waals surface area contributed by atoms with Crippen molar-refractivity contribution in [1.82, 2.24) is 34.1 Å². The molecule has 27 heavy (non-hydrogen) atoms. The first kappa shape index (κ1) is 15.2. The Labute approximate surface area is 153 Å². The summed E-state index contributed by atoms with van der Waals surface area (Å²) in [5.74, 6) is 0.502. The minimum absolute atomic E-state index is 0.502. The van der Waals surface area contributed by atoms with Gasteiger partial charge in [-0.25, -0.2) is 15.0 Å². The zero-order chi connectivity index (χ0) is 18.2. The van der Waals surface area contributed by atoms with Gasteiger partial charge in [0.2, 0.25) is 5.95 Å². The fraction of sp³-hybridized carbons (Fsp3) is 0.0526. The lowest BCUT2D eigenvalue weighted by atomic mass is 10.2. The van der Waals surface area contributed by atoms with E-state index < -0.39 is 0 Å². The first-order valence-corrected chi connectivity index (χ1v) is 8.26. The number of aromatic nitrogens is 7. The smallest absolute Gasteiger partial charge is 0.237 e. The molecule has 4 aromatic heterocycles. The van der Waals surface area contributed by atoms with Gasteiger partial charge in [-0.15, -0.1) is 0 Å². The van der Waals surface area contributed by atoms with Crippen LogP contribution in [0.3, 0.4) is 0 Å². The third-order valence-electron chi connectivity index (χ3n) is 4.31. The van der Waals surface area contributed by atoms with Gasteiger partial charge in [0.15, 0.2) is 5.65 Å². The van der Waals surface area contributed by atoms with Crippen molar-refractivity contribution in [1.29, 1.82) is 5.26 Å². The highest BCUT2D eigenvalue weighted by atomic mass is 15.2. The molecule has 0 saturated carbocycles. The molecule has 5 rings (SSSR count). The average Bonchev–Trinajstić information content (AvgIpc) is 3.32. The lowest BCUT2D eigenvalue weighted by Gasteiger charge is -2.05. The van der Waals surface area contributed by atoms with Gasteiger partial charge < -0.3 is 4.57 Å². The van der Waals surface area contributed by atoms with E-state index in [1.54, 1.807) is 41.7 Å². The van der Waals surface area contributed by atoms with Gasteiger partial charge >= 0.3 is 0 Å². The quantitative estimate of drug-likeness (QED) is 0.495. The molecule has 0 fully saturated rings. The third kappa shape index (κ3) is 2.58. The number of imidazole rings is 2. The van der Waals surface area contributed by atoms with E-state index in [0.29, 0.717) is 18.1 Å². The predicted octanol–water partition coefficient (Wildman–Crippen LogP) is 2.48. The highest BCUT2D eigenvalue weighted by Crippen LogP contribution is 2.19. The van der Waals surface area contributed by atoms with Crippen molar-refractivity contribution < 1.29 is 0 Å². The van der Waals surface area contributed by atoms with Gasteiger partial charge in [-0.2, -0.15) is 10.2 Å². The molecule has 8 heteroatoms. The van der Waals surface area contributed by atoms with E-state index in [2.05, 4.69) is 26.0 Å². The summed E-state index contributed by atoms with van der Waals surface area (Å²) in [7, 11) is 0. The molecule has 0 aliphatic heterocycles. The molecule has 5 aromatic rings. The van der Waals surface area contributed by atoms with Crippen LogP contribution in [0, 0.1) is 11.3 Å². The zero-order valence-electron chi connectivity index (χ0n) is 14.1. The van der Waals surface area contributed by atoms with Crippen LogP contribution in [0.5, 0.6) is 0 Å². The average molecular weight is 352 g/mol. The molecule has 0 amide bonds. The van der Waals surface area contributed by atoms with E-state index in [0.717, 1.165) is 27.8 Å². The molecular weight excluding hydrogens is 340 g/mol. The molecule has 0 saturated heterocycles. The van der Waals surface area contributed by atoms with Gasteiger partial charge in [0.05, 0.1) is 41.7 Å². The van der Waals surface area contributed by atoms with Crippen LogP contribution in [0.2, 0.25) is 0 Å². The van der Waals surface area contributed by atoms with Crippen LogP contribution in [-0.2, 0) is 6.54 Å². The summed E-state index contributed by atoms with van der Waals surface area (Å²) < 4.78 is 3.77. The maximum atomic E-state index is 9.04. The number of hydrogen-bond acceptors (Lipinski definition) is 6. The van der Waals surface area contributed by atoms with Gasteiger partial charge in [0, 0.05) is 12.4 Å². The summed E-state index contributed by atoms with van der Waals surface area (Å²) in [4.78, 5) is 22.0. The highest BCUT2D eigenvalue weighted by molar-refractivity contribution is 5.79. The van der Waals surface area contributed by atoms with E-state index in [1.165, 1.54) is 0 Å². The fourth-order valence-corrected chi connectivity index (χ4v) is 3.01. The molecule has 0 atom stereocenters. The highest BCUT2D eigenvalue weighted by Gasteiger charge is 2.11. The lowest BCUT2D eigenvalue weighted by Crippen LogP contribution is -2.04. The fourth-order valence-electron chi connectivity index (χ4n) is 3.01. The first-order valence-electron chi connectivity index (χ1n) is 8.26. The maximum Gasteiger partial charge on any atom is 0.237 e. The third-order valence-corrected chi connectivity index (χ3v) is 4.31. The molecule has 0 aliphatic carbocycles. The van der Waals surface area contributed by atoms with E-state index in [1.807, 2.05) is 29.0 Å². The molecular formula is C19H12N8. The van der Waals surface area contributed by atoms with Crippen LogP contribution in [0.1, 0.15) is 11.1 Å². The standard InChI is InChI=1S/C19H12N8/c20-7-13-3-4-17-15(6-13)24-12-27(17)19-22-9-16-18(25-19)26(11-23-16)10-14-2-1-5-21-8-14/h1-6,8-9,11-12H,10H2. The predicted molar refractivity (Wildman–Crippen MR) is 98.0 cm³/mol. The molecule has 0 aliphatic rings. The van der Waals surface area contributed by atoms with E-state index in [-0.39, 0.29) is 0 Å². The van der Waals surface area contributed by atoms with Crippen molar-refractivity contribution in [2.45, 2.75) is 6.54 Å². The molecule has 0 spiro atoms. The van der Waals surface area contributed by atoms with Crippen molar-refractivity contribution in [3.63, 3.8) is 0 Å². The maximum absolute atomic E-state index is 9.04. The Morgan fingerprint density at radius 2 is 1.93 bits per heavy atom. The van der Waals surface area contributed by atoms with Gasteiger partial charge in [-0.3, -0.25) is 9.55 Å². The second-order valence-electron chi connectivity index (χ2n) is 6.04. The normalized spacial score (nSPS) is 11.1. The summed E-state index contributed by atoms with van der Waals surface area (Å²) in [6.45, 7) is 0.622. The van der Waals surface area contributed by atoms with Crippen LogP contribution < -0.4 is 0 Å². The van der Waals surface area contributed by atoms with Gasteiger partial charge in [0.25, 0.3) is 0 Å². The lowest BCUT2D eigenvalue weighted by molar-refractivity contribution is 0.804. The summed E-state index contributed by atoms with van der Waals surface area (Å²) >= 11 is 0. The molecule has 0 bridgehead atoms. The number of nitriles is 1.